The molecule has 9 heteroatoms. The first-order valence-corrected chi connectivity index (χ1v) is 40.4. The molecule has 2 atom stereocenters. The van der Waals surface area contributed by atoms with Gasteiger partial charge >= 0.3 is 11.9 Å². The molecule has 544 valence electrons. The Bertz CT molecular complexity index is 1710. The number of hydrogen-bond acceptors (Lipinski definition) is 8. The van der Waals surface area contributed by atoms with Crippen LogP contribution in [-0.4, -0.2) is 82.3 Å². The highest BCUT2D eigenvalue weighted by atomic mass is 16.7. The van der Waals surface area contributed by atoms with Gasteiger partial charge in [-0.15, -0.1) is 0 Å². The van der Waals surface area contributed by atoms with E-state index in [9.17, 15) is 19.5 Å². The molecule has 0 amide bonds. The molecule has 2 unspecified atom stereocenters. The summed E-state index contributed by atoms with van der Waals surface area (Å²) in [7, 11) is 5.95. The fourth-order valence-electron chi connectivity index (χ4n) is 12.2. The summed E-state index contributed by atoms with van der Waals surface area (Å²) < 4.78 is 22.9. The van der Waals surface area contributed by atoms with Gasteiger partial charge in [0.25, 0.3) is 0 Å². The lowest BCUT2D eigenvalue weighted by atomic mass is 10.0. The first kappa shape index (κ1) is 90.0. The van der Waals surface area contributed by atoms with E-state index in [2.05, 4.69) is 74.6 Å². The third kappa shape index (κ3) is 76.2. The quantitative estimate of drug-likeness (QED) is 0.0195. The van der Waals surface area contributed by atoms with E-state index in [1.54, 1.807) is 0 Å². The zero-order valence-electron chi connectivity index (χ0n) is 62.4. The number of carbonyl (C=O) groups excluding carboxylic acids is 3. The van der Waals surface area contributed by atoms with E-state index in [4.69, 9.17) is 18.9 Å². The molecule has 0 aromatic carbocycles. The Balaban J connectivity index is 3.97. The maximum absolute atomic E-state index is 13.0. The lowest BCUT2D eigenvalue weighted by molar-refractivity contribution is -0.870. The number of hydrogen-bond donors (Lipinski definition) is 0. The second-order valence-corrected chi connectivity index (χ2v) is 28.7. The fraction of sp³-hybridized carbons (Fsp3) is 0.845. The number of esters is 2. The first-order chi connectivity index (χ1) is 45.6. The summed E-state index contributed by atoms with van der Waals surface area (Å²) in [4.78, 5) is 37.6. The van der Waals surface area contributed by atoms with Crippen molar-refractivity contribution < 1.29 is 42.9 Å². The van der Waals surface area contributed by atoms with Crippen molar-refractivity contribution in [2.24, 2.45) is 0 Å². The van der Waals surface area contributed by atoms with Crippen molar-refractivity contribution in [1.29, 1.82) is 0 Å². The van der Waals surface area contributed by atoms with E-state index in [-0.39, 0.29) is 32.2 Å². The van der Waals surface area contributed by atoms with E-state index in [0.29, 0.717) is 23.9 Å². The molecule has 0 aliphatic rings. The number of aliphatic carboxylic acids is 1. The molecule has 0 radical (unpaired) electrons. The number of carboxylic acids is 1. The van der Waals surface area contributed by atoms with Crippen LogP contribution in [0, 0.1) is 0 Å². The highest BCUT2D eigenvalue weighted by Gasteiger charge is 2.22. The molecule has 0 saturated heterocycles. The number of carboxylic acid groups (broad SMARTS) is 1. The largest absolute Gasteiger partial charge is 0.545 e. The molecule has 0 fully saturated rings. The van der Waals surface area contributed by atoms with Gasteiger partial charge in [-0.2, -0.15) is 0 Å². The number of quaternary nitrogens is 1. The summed E-state index contributed by atoms with van der Waals surface area (Å²) in [6.45, 7) is 4.71. The van der Waals surface area contributed by atoms with Crippen LogP contribution in [0.3, 0.4) is 0 Å². The molecule has 0 N–H and O–H groups in total. The smallest absolute Gasteiger partial charge is 0.306 e. The third-order valence-electron chi connectivity index (χ3n) is 18.3. The number of ether oxygens (including phenoxy) is 4. The zero-order valence-corrected chi connectivity index (χ0v) is 62.4. The first-order valence-electron chi connectivity index (χ1n) is 40.4. The average molecular weight is 1310 g/mol. The van der Waals surface area contributed by atoms with Gasteiger partial charge in [-0.25, -0.2) is 0 Å². The fourth-order valence-corrected chi connectivity index (χ4v) is 12.2. The van der Waals surface area contributed by atoms with Crippen molar-refractivity contribution in [3.63, 3.8) is 0 Å². The van der Waals surface area contributed by atoms with Crippen LogP contribution in [0.4, 0.5) is 0 Å². The lowest BCUT2D eigenvalue weighted by Gasteiger charge is -2.26. The Kier molecular flexibility index (Phi) is 72.4. The number of likely N-dealkylation sites (N-methyl/N-ethyl adjacent to an activating group) is 1. The molecule has 0 bridgehead atoms. The summed E-state index contributed by atoms with van der Waals surface area (Å²) in [6.07, 6.45) is 96.4. The van der Waals surface area contributed by atoms with Crippen LogP contribution in [0.15, 0.2) is 60.8 Å². The van der Waals surface area contributed by atoms with E-state index in [1.165, 1.54) is 302 Å². The molecule has 0 rings (SSSR count). The molecule has 0 aliphatic carbocycles. The van der Waals surface area contributed by atoms with Crippen molar-refractivity contribution in [2.45, 2.75) is 411 Å². The number of carbonyl (C=O) groups is 3. The van der Waals surface area contributed by atoms with Gasteiger partial charge in [-0.05, 0) is 57.8 Å². The van der Waals surface area contributed by atoms with Crippen molar-refractivity contribution in [2.75, 3.05) is 47.5 Å². The second-order valence-electron chi connectivity index (χ2n) is 28.7. The van der Waals surface area contributed by atoms with Gasteiger partial charge in [0.05, 0.1) is 40.3 Å². The highest BCUT2D eigenvalue weighted by Crippen LogP contribution is 2.20. The van der Waals surface area contributed by atoms with Gasteiger partial charge in [0.2, 0.25) is 0 Å². The third-order valence-corrected chi connectivity index (χ3v) is 18.3. The highest BCUT2D eigenvalue weighted by molar-refractivity contribution is 5.70. The second kappa shape index (κ2) is 74.8. The SMILES string of the molecule is CC/C=C\C/C=C\C/C=C\C/C=C\C/C=C\CCCCCCCCCCCCCCCCCCCCCC(=O)OC(COC(=O)CCCCCCCCCCCCCCCCCCCCCCCCCCCCCCCCCCC)COC(OCC[N+](C)(C)C)C(=O)[O-]. The minimum absolute atomic E-state index is 0.150. The Morgan fingerprint density at radius 2 is 0.613 bits per heavy atom. The molecular formula is C84H155NO8. The Morgan fingerprint density at radius 3 is 0.914 bits per heavy atom. The van der Waals surface area contributed by atoms with Crippen molar-refractivity contribution in [3.8, 4) is 0 Å². The summed E-state index contributed by atoms with van der Waals surface area (Å²) >= 11 is 0. The molecular weight excluding hydrogens is 1150 g/mol. The Hall–Kier alpha value is -3.01. The van der Waals surface area contributed by atoms with E-state index < -0.39 is 24.3 Å². The van der Waals surface area contributed by atoms with Crippen molar-refractivity contribution in [3.05, 3.63) is 60.8 Å². The number of allylic oxidation sites excluding steroid dienone is 10. The van der Waals surface area contributed by atoms with Crippen LogP contribution in [0.25, 0.3) is 0 Å². The van der Waals surface area contributed by atoms with Gasteiger partial charge in [-0.3, -0.25) is 9.59 Å². The van der Waals surface area contributed by atoms with Crippen LogP contribution in [0.2, 0.25) is 0 Å². The maximum atomic E-state index is 13.0. The van der Waals surface area contributed by atoms with Gasteiger partial charge in [0.15, 0.2) is 12.4 Å². The number of rotatable bonds is 76. The molecule has 0 aromatic heterocycles. The summed E-state index contributed by atoms with van der Waals surface area (Å²) in [5, 5.41) is 11.9. The number of nitrogens with zero attached hydrogens (tertiary/aromatic N) is 1. The number of unbranched alkanes of at least 4 members (excludes halogenated alkanes) is 51. The van der Waals surface area contributed by atoms with Crippen LogP contribution >= 0.6 is 0 Å². The topological polar surface area (TPSA) is 111 Å². The molecule has 0 aliphatic heterocycles. The van der Waals surface area contributed by atoms with Gasteiger partial charge in [-0.1, -0.05) is 389 Å². The summed E-state index contributed by atoms with van der Waals surface area (Å²) in [6, 6.07) is 0. The van der Waals surface area contributed by atoms with Gasteiger partial charge in [0, 0.05) is 12.8 Å². The minimum atomic E-state index is -1.62. The van der Waals surface area contributed by atoms with Gasteiger partial charge < -0.3 is 33.3 Å². The monoisotopic (exact) mass is 1310 g/mol. The Morgan fingerprint density at radius 1 is 0.333 bits per heavy atom. The summed E-state index contributed by atoms with van der Waals surface area (Å²) in [5.74, 6) is -2.25. The van der Waals surface area contributed by atoms with Crippen molar-refractivity contribution in [1.82, 2.24) is 0 Å². The minimum Gasteiger partial charge on any atom is -0.545 e. The maximum Gasteiger partial charge on any atom is 0.306 e. The molecule has 9 nitrogen and oxygen atoms in total. The summed E-state index contributed by atoms with van der Waals surface area (Å²) in [5.41, 5.74) is 0. The molecule has 0 aromatic rings. The normalized spacial score (nSPS) is 12.9. The van der Waals surface area contributed by atoms with Crippen LogP contribution < -0.4 is 5.11 Å². The molecule has 0 saturated carbocycles. The van der Waals surface area contributed by atoms with Crippen LogP contribution in [0.5, 0.6) is 0 Å². The zero-order chi connectivity index (χ0) is 67.5. The molecule has 93 heavy (non-hydrogen) atoms. The van der Waals surface area contributed by atoms with E-state index in [0.717, 1.165) is 64.2 Å². The molecule has 0 spiro atoms. The average Bonchev–Trinajstić information content (AvgIpc) is 3.74. The van der Waals surface area contributed by atoms with Crippen LogP contribution in [0.1, 0.15) is 399 Å². The predicted molar refractivity (Wildman–Crippen MR) is 399 cm³/mol. The lowest BCUT2D eigenvalue weighted by Crippen LogP contribution is -2.44. The standard InChI is InChI=1S/C84H155NO8/c1-6-8-10-12-14-16-18-20-22-24-26-28-30-32-34-36-38-40-41-43-45-47-49-51-53-55-57-59-61-63-65-67-69-71-73-75-82(87)93-80(79-92-84(83(88)89)90-77-76-85(3,4)5)78-91-81(86)74-72-70-68-66-64-62-60-58-56-54-52-50-48-46-44-42-39-37-35-33-31-29-27-25-23-21-19-17-15-13-11-9-7-2/h8,10,14,16,20,22,26,28,32,34,80,84H,6-7,9,11-13,15,17-19,21,23-25,27,29-31,33,35-79H2,1-5H3/b10-8-,16-14-,22-20-,28-26-,34-32-. The van der Waals surface area contributed by atoms with E-state index in [1.807, 2.05) is 21.1 Å². The van der Waals surface area contributed by atoms with Crippen molar-refractivity contribution >= 4 is 17.9 Å². The van der Waals surface area contributed by atoms with Gasteiger partial charge in [0.1, 0.15) is 13.2 Å². The predicted octanol–water partition coefficient (Wildman–Crippen LogP) is 24.5. The van der Waals surface area contributed by atoms with Crippen LogP contribution in [-0.2, 0) is 33.3 Å². The molecule has 0 heterocycles. The van der Waals surface area contributed by atoms with E-state index >= 15 is 0 Å². The Labute approximate surface area is 577 Å².